The van der Waals surface area contributed by atoms with Crippen LogP contribution in [0.2, 0.25) is 0 Å². The molecule has 0 bridgehead atoms. The second-order valence-corrected chi connectivity index (χ2v) is 7.14. The van der Waals surface area contributed by atoms with E-state index in [1.54, 1.807) is 18.2 Å². The number of nitrogens with zero attached hydrogens (tertiary/aromatic N) is 2. The van der Waals surface area contributed by atoms with E-state index in [1.807, 2.05) is 45.9 Å². The minimum atomic E-state index is -0.585. The Morgan fingerprint density at radius 1 is 0.933 bits per heavy atom. The Bertz CT molecular complexity index is 1100. The molecule has 0 fully saturated rings. The number of carbonyl (C=O) groups excluding carboxylic acids is 2. The highest BCUT2D eigenvalue weighted by atomic mass is 16.5. The summed E-state index contributed by atoms with van der Waals surface area (Å²) in [7, 11) is 0. The normalized spacial score (nSPS) is 10.7. The molecule has 0 spiro atoms. The van der Waals surface area contributed by atoms with Gasteiger partial charge in [0.15, 0.2) is 6.61 Å². The molecule has 0 aliphatic carbocycles. The molecule has 30 heavy (non-hydrogen) atoms. The lowest BCUT2D eigenvalue weighted by Crippen LogP contribution is -2.32. The van der Waals surface area contributed by atoms with Crippen LogP contribution >= 0.6 is 0 Å². The Morgan fingerprint density at radius 3 is 2.40 bits per heavy atom. The lowest BCUT2D eigenvalue weighted by molar-refractivity contribution is -0.124. The van der Waals surface area contributed by atoms with Gasteiger partial charge in [-0.1, -0.05) is 17.7 Å². The zero-order valence-electron chi connectivity index (χ0n) is 17.6. The summed E-state index contributed by atoms with van der Waals surface area (Å²) in [5.74, 6) is -0.190. The quantitative estimate of drug-likeness (QED) is 0.478. The van der Waals surface area contributed by atoms with Gasteiger partial charge in [-0.15, -0.1) is 0 Å². The van der Waals surface area contributed by atoms with Crippen molar-refractivity contribution in [2.75, 3.05) is 19.8 Å². The molecule has 1 amide bonds. The highest BCUT2D eigenvalue weighted by Crippen LogP contribution is 2.18. The molecule has 0 radical (unpaired) electrons. The smallest absolute Gasteiger partial charge is 0.338 e. The van der Waals surface area contributed by atoms with Gasteiger partial charge < -0.3 is 14.8 Å². The number of hydrogen-bond donors (Lipinski definition) is 1. The Labute approximate surface area is 175 Å². The van der Waals surface area contributed by atoms with E-state index in [2.05, 4.69) is 15.3 Å². The summed E-state index contributed by atoms with van der Waals surface area (Å²) in [6.07, 6.45) is 0. The van der Waals surface area contributed by atoms with Crippen molar-refractivity contribution in [1.82, 2.24) is 15.3 Å². The van der Waals surface area contributed by atoms with E-state index in [9.17, 15) is 9.59 Å². The first-order chi connectivity index (χ1) is 14.3. The number of amides is 1. The maximum Gasteiger partial charge on any atom is 0.338 e. The van der Waals surface area contributed by atoms with Crippen molar-refractivity contribution in [2.45, 2.75) is 27.7 Å². The molecule has 156 valence electrons. The number of hydrogen-bond acceptors (Lipinski definition) is 6. The number of rotatable bonds is 7. The molecular formula is C23H25N3O4. The summed E-state index contributed by atoms with van der Waals surface area (Å²) < 4.78 is 10.8. The molecule has 0 saturated carbocycles. The first-order valence-corrected chi connectivity index (χ1v) is 9.72. The van der Waals surface area contributed by atoms with Crippen LogP contribution in [0.25, 0.3) is 11.0 Å². The van der Waals surface area contributed by atoms with Gasteiger partial charge in [0.2, 0.25) is 0 Å². The van der Waals surface area contributed by atoms with E-state index < -0.39 is 5.97 Å². The van der Waals surface area contributed by atoms with Gasteiger partial charge in [0, 0.05) is 0 Å². The van der Waals surface area contributed by atoms with Gasteiger partial charge in [0.25, 0.3) is 5.91 Å². The highest BCUT2D eigenvalue weighted by molar-refractivity contribution is 5.94. The number of benzene rings is 2. The maximum atomic E-state index is 12.2. The van der Waals surface area contributed by atoms with Crippen molar-refractivity contribution in [1.29, 1.82) is 0 Å². The van der Waals surface area contributed by atoms with Crippen LogP contribution in [-0.4, -0.2) is 41.6 Å². The third kappa shape index (κ3) is 5.31. The fourth-order valence-electron chi connectivity index (χ4n) is 2.94. The summed E-state index contributed by atoms with van der Waals surface area (Å²) in [4.78, 5) is 33.0. The van der Waals surface area contributed by atoms with Crippen LogP contribution in [0.15, 0.2) is 36.4 Å². The second kappa shape index (κ2) is 9.35. The van der Waals surface area contributed by atoms with Crippen molar-refractivity contribution in [2.24, 2.45) is 0 Å². The second-order valence-electron chi connectivity index (χ2n) is 7.14. The van der Waals surface area contributed by atoms with Crippen LogP contribution in [0.1, 0.15) is 32.9 Å². The molecule has 0 atom stereocenters. The number of fused-ring (bicyclic) bond motifs is 1. The number of esters is 1. The molecule has 7 heteroatoms. The molecule has 0 unspecified atom stereocenters. The van der Waals surface area contributed by atoms with Crippen molar-refractivity contribution >= 4 is 22.9 Å². The molecule has 0 aliphatic rings. The SMILES string of the molecule is Cc1ccc(OCCNC(=O)COC(=O)c2ccc3nc(C)c(C)nc3c2)c(C)c1. The number of ether oxygens (including phenoxy) is 2. The van der Waals surface area contributed by atoms with Crippen LogP contribution in [-0.2, 0) is 9.53 Å². The maximum absolute atomic E-state index is 12.2. The van der Waals surface area contributed by atoms with E-state index >= 15 is 0 Å². The molecule has 2 aromatic carbocycles. The number of aromatic nitrogens is 2. The van der Waals surface area contributed by atoms with Gasteiger partial charge >= 0.3 is 5.97 Å². The monoisotopic (exact) mass is 407 g/mol. The van der Waals surface area contributed by atoms with Gasteiger partial charge in [0.1, 0.15) is 12.4 Å². The van der Waals surface area contributed by atoms with Gasteiger partial charge in [-0.05, 0) is 57.5 Å². The molecule has 3 aromatic rings. The third-order valence-electron chi connectivity index (χ3n) is 4.66. The van der Waals surface area contributed by atoms with Crippen LogP contribution in [0, 0.1) is 27.7 Å². The molecule has 0 aliphatic heterocycles. The third-order valence-corrected chi connectivity index (χ3v) is 4.66. The molecule has 1 heterocycles. The van der Waals surface area contributed by atoms with Crippen LogP contribution in [0.5, 0.6) is 5.75 Å². The van der Waals surface area contributed by atoms with Gasteiger partial charge in [-0.25, -0.2) is 14.8 Å². The summed E-state index contributed by atoms with van der Waals surface area (Å²) in [5.41, 5.74) is 5.49. The van der Waals surface area contributed by atoms with Crippen LogP contribution < -0.4 is 10.1 Å². The van der Waals surface area contributed by atoms with Crippen molar-refractivity contribution in [3.63, 3.8) is 0 Å². The van der Waals surface area contributed by atoms with E-state index in [0.717, 1.165) is 22.7 Å². The standard InChI is InChI=1S/C23H25N3O4/c1-14-5-8-21(15(2)11-14)29-10-9-24-22(27)13-30-23(28)18-6-7-19-20(12-18)26-17(4)16(3)25-19/h5-8,11-12H,9-10,13H2,1-4H3,(H,24,27). The average Bonchev–Trinajstić information content (AvgIpc) is 2.71. The fourth-order valence-corrected chi connectivity index (χ4v) is 2.94. The number of carbonyl (C=O) groups is 2. The molecule has 1 aromatic heterocycles. The van der Waals surface area contributed by atoms with Gasteiger partial charge in [-0.3, -0.25) is 4.79 Å². The number of aryl methyl sites for hydroxylation is 4. The predicted octanol–water partition coefficient (Wildman–Crippen LogP) is 3.22. The average molecular weight is 407 g/mol. The lowest BCUT2D eigenvalue weighted by Gasteiger charge is -2.11. The van der Waals surface area contributed by atoms with Gasteiger partial charge in [0.05, 0.1) is 34.5 Å². The van der Waals surface area contributed by atoms with E-state index in [0.29, 0.717) is 29.7 Å². The Balaban J connectivity index is 1.45. The molecule has 7 nitrogen and oxygen atoms in total. The van der Waals surface area contributed by atoms with Crippen molar-refractivity contribution in [3.8, 4) is 5.75 Å². The Hall–Kier alpha value is -3.48. The lowest BCUT2D eigenvalue weighted by atomic mass is 10.1. The first kappa shape index (κ1) is 21.2. The first-order valence-electron chi connectivity index (χ1n) is 9.72. The Kier molecular flexibility index (Phi) is 6.61. The molecule has 3 rings (SSSR count). The fraction of sp³-hybridized carbons (Fsp3) is 0.304. The summed E-state index contributed by atoms with van der Waals surface area (Å²) in [6.45, 7) is 8.02. The predicted molar refractivity (Wildman–Crippen MR) is 114 cm³/mol. The Morgan fingerprint density at radius 2 is 1.67 bits per heavy atom. The summed E-state index contributed by atoms with van der Waals surface area (Å²) in [5, 5.41) is 2.67. The van der Waals surface area contributed by atoms with E-state index in [4.69, 9.17) is 9.47 Å². The number of nitrogens with one attached hydrogen (secondary N) is 1. The zero-order valence-corrected chi connectivity index (χ0v) is 17.6. The summed E-state index contributed by atoms with van der Waals surface area (Å²) >= 11 is 0. The minimum Gasteiger partial charge on any atom is -0.491 e. The van der Waals surface area contributed by atoms with Crippen molar-refractivity contribution in [3.05, 3.63) is 64.5 Å². The molecule has 1 N–H and O–H groups in total. The highest BCUT2D eigenvalue weighted by Gasteiger charge is 2.12. The van der Waals surface area contributed by atoms with Crippen LogP contribution in [0.4, 0.5) is 0 Å². The van der Waals surface area contributed by atoms with Crippen molar-refractivity contribution < 1.29 is 19.1 Å². The molecule has 0 saturated heterocycles. The van der Waals surface area contributed by atoms with Gasteiger partial charge in [-0.2, -0.15) is 0 Å². The van der Waals surface area contributed by atoms with Crippen LogP contribution in [0.3, 0.4) is 0 Å². The summed E-state index contributed by atoms with van der Waals surface area (Å²) in [6, 6.07) is 10.9. The topological polar surface area (TPSA) is 90.4 Å². The van der Waals surface area contributed by atoms with E-state index in [-0.39, 0.29) is 12.5 Å². The molecular weight excluding hydrogens is 382 g/mol. The zero-order chi connectivity index (χ0) is 21.7. The largest absolute Gasteiger partial charge is 0.491 e. The van der Waals surface area contributed by atoms with E-state index in [1.165, 1.54) is 5.56 Å². The minimum absolute atomic E-state index is 0.313.